The van der Waals surface area contributed by atoms with E-state index in [1.54, 1.807) is 0 Å². The van der Waals surface area contributed by atoms with Gasteiger partial charge in [-0.3, -0.25) is 4.90 Å². The number of hydrogen-bond acceptors (Lipinski definition) is 4. The van der Waals surface area contributed by atoms with Crippen molar-refractivity contribution in [2.75, 3.05) is 13.1 Å². The number of hydrogen-bond donors (Lipinski definition) is 0. The van der Waals surface area contributed by atoms with Crippen LogP contribution in [0.5, 0.6) is 0 Å². The van der Waals surface area contributed by atoms with Gasteiger partial charge in [0.1, 0.15) is 0 Å². The average Bonchev–Trinajstić information content (AvgIpc) is 2.64. The monoisotopic (exact) mass is 223 g/mol. The largest absolute Gasteiger partial charge is 0.338 e. The van der Waals surface area contributed by atoms with Gasteiger partial charge in [0.05, 0.1) is 6.54 Å². The molecule has 0 radical (unpaired) electrons. The first-order chi connectivity index (χ1) is 7.52. The lowest BCUT2D eigenvalue weighted by Crippen LogP contribution is -2.24. The van der Waals surface area contributed by atoms with E-state index in [0.29, 0.717) is 18.4 Å². The van der Waals surface area contributed by atoms with Crippen LogP contribution < -0.4 is 0 Å². The maximum atomic E-state index is 5.21. The summed E-state index contributed by atoms with van der Waals surface area (Å²) in [7, 11) is 0. The van der Waals surface area contributed by atoms with E-state index in [0.717, 1.165) is 24.5 Å². The van der Waals surface area contributed by atoms with Gasteiger partial charge in [-0.05, 0) is 13.5 Å². The maximum Gasteiger partial charge on any atom is 0.240 e. The SMILES string of the molecule is C=C(C)CN(CC)Cc1nc(C(C)C)no1. The molecule has 0 aliphatic heterocycles. The topological polar surface area (TPSA) is 42.2 Å². The smallest absolute Gasteiger partial charge is 0.240 e. The van der Waals surface area contributed by atoms with Gasteiger partial charge >= 0.3 is 0 Å². The first kappa shape index (κ1) is 12.9. The molecule has 0 aliphatic carbocycles. The molecule has 0 saturated carbocycles. The Balaban J connectivity index is 2.59. The lowest BCUT2D eigenvalue weighted by molar-refractivity contribution is 0.251. The summed E-state index contributed by atoms with van der Waals surface area (Å²) < 4.78 is 5.21. The van der Waals surface area contributed by atoms with Crippen molar-refractivity contribution in [3.63, 3.8) is 0 Å². The molecule has 0 saturated heterocycles. The predicted molar refractivity (Wildman–Crippen MR) is 64.2 cm³/mol. The van der Waals surface area contributed by atoms with Gasteiger partial charge in [-0.15, -0.1) is 0 Å². The molecule has 0 aromatic carbocycles. The summed E-state index contributed by atoms with van der Waals surface area (Å²) >= 11 is 0. The van der Waals surface area contributed by atoms with E-state index in [-0.39, 0.29) is 0 Å². The lowest BCUT2D eigenvalue weighted by Gasteiger charge is -2.17. The van der Waals surface area contributed by atoms with Crippen LogP contribution >= 0.6 is 0 Å². The minimum Gasteiger partial charge on any atom is -0.338 e. The molecule has 0 N–H and O–H groups in total. The molecule has 0 unspecified atom stereocenters. The quantitative estimate of drug-likeness (QED) is 0.695. The van der Waals surface area contributed by atoms with Gasteiger partial charge in [0.15, 0.2) is 5.82 Å². The number of aromatic nitrogens is 2. The highest BCUT2D eigenvalue weighted by atomic mass is 16.5. The minimum atomic E-state index is 0.314. The number of rotatable bonds is 6. The Morgan fingerprint density at radius 1 is 1.50 bits per heavy atom. The van der Waals surface area contributed by atoms with Crippen LogP contribution in [0.15, 0.2) is 16.7 Å². The summed E-state index contributed by atoms with van der Waals surface area (Å²) in [6.07, 6.45) is 0. The third-order valence-electron chi connectivity index (χ3n) is 2.30. The molecule has 0 spiro atoms. The Bertz CT molecular complexity index is 344. The van der Waals surface area contributed by atoms with Crippen molar-refractivity contribution in [3.8, 4) is 0 Å². The van der Waals surface area contributed by atoms with E-state index in [2.05, 4.69) is 42.4 Å². The van der Waals surface area contributed by atoms with Gasteiger partial charge in [0, 0.05) is 12.5 Å². The van der Waals surface area contributed by atoms with Crippen LogP contribution in [0.2, 0.25) is 0 Å². The molecule has 4 nitrogen and oxygen atoms in total. The lowest BCUT2D eigenvalue weighted by atomic mass is 10.2. The second-order valence-electron chi connectivity index (χ2n) is 4.46. The third-order valence-corrected chi connectivity index (χ3v) is 2.30. The van der Waals surface area contributed by atoms with Crippen LogP contribution in [0.25, 0.3) is 0 Å². The first-order valence-corrected chi connectivity index (χ1v) is 5.72. The van der Waals surface area contributed by atoms with Crippen molar-refractivity contribution in [2.45, 2.75) is 40.2 Å². The molecule has 0 aliphatic rings. The van der Waals surface area contributed by atoms with E-state index in [1.165, 1.54) is 0 Å². The molecule has 1 aromatic rings. The summed E-state index contributed by atoms with van der Waals surface area (Å²) in [6.45, 7) is 14.7. The average molecular weight is 223 g/mol. The van der Waals surface area contributed by atoms with Crippen LogP contribution in [-0.4, -0.2) is 28.1 Å². The molecule has 0 fully saturated rings. The molecule has 0 atom stereocenters. The van der Waals surface area contributed by atoms with Crippen molar-refractivity contribution in [1.29, 1.82) is 0 Å². The summed E-state index contributed by atoms with van der Waals surface area (Å²) in [5, 5.41) is 3.95. The first-order valence-electron chi connectivity index (χ1n) is 5.72. The van der Waals surface area contributed by atoms with E-state index in [4.69, 9.17) is 4.52 Å². The van der Waals surface area contributed by atoms with Crippen molar-refractivity contribution < 1.29 is 4.52 Å². The Hall–Kier alpha value is -1.16. The standard InChI is InChI=1S/C12H21N3O/c1-6-15(7-9(2)3)8-11-13-12(10(4)5)14-16-11/h10H,2,6-8H2,1,3-5H3. The molecule has 1 heterocycles. The Labute approximate surface area is 97.3 Å². The highest BCUT2D eigenvalue weighted by Gasteiger charge is 2.12. The van der Waals surface area contributed by atoms with Crippen molar-refractivity contribution in [1.82, 2.24) is 15.0 Å². The molecule has 1 aromatic heterocycles. The second-order valence-corrected chi connectivity index (χ2v) is 4.46. The molecule has 0 bridgehead atoms. The van der Waals surface area contributed by atoms with Crippen molar-refractivity contribution in [2.24, 2.45) is 0 Å². The fraction of sp³-hybridized carbons (Fsp3) is 0.667. The summed E-state index contributed by atoms with van der Waals surface area (Å²) in [6, 6.07) is 0. The normalized spacial score (nSPS) is 11.4. The Kier molecular flexibility index (Phi) is 4.68. The summed E-state index contributed by atoms with van der Waals surface area (Å²) in [4.78, 5) is 6.58. The van der Waals surface area contributed by atoms with Crippen molar-refractivity contribution in [3.05, 3.63) is 23.9 Å². The number of nitrogens with zero attached hydrogens (tertiary/aromatic N) is 3. The zero-order chi connectivity index (χ0) is 12.1. The van der Waals surface area contributed by atoms with Crippen LogP contribution in [0.1, 0.15) is 45.3 Å². The van der Waals surface area contributed by atoms with Crippen LogP contribution in [-0.2, 0) is 6.54 Å². The highest BCUT2D eigenvalue weighted by molar-refractivity contribution is 4.95. The van der Waals surface area contributed by atoms with Crippen molar-refractivity contribution >= 4 is 0 Å². The van der Waals surface area contributed by atoms with E-state index in [9.17, 15) is 0 Å². The maximum absolute atomic E-state index is 5.21. The van der Waals surface area contributed by atoms with Gasteiger partial charge in [-0.1, -0.05) is 38.1 Å². The highest BCUT2D eigenvalue weighted by Crippen LogP contribution is 2.11. The van der Waals surface area contributed by atoms with Gasteiger partial charge in [0.2, 0.25) is 5.89 Å². The molecule has 90 valence electrons. The van der Waals surface area contributed by atoms with E-state index < -0.39 is 0 Å². The van der Waals surface area contributed by atoms with Crippen LogP contribution in [0.3, 0.4) is 0 Å². The predicted octanol–water partition coefficient (Wildman–Crippen LogP) is 2.59. The molecule has 1 rings (SSSR count). The zero-order valence-corrected chi connectivity index (χ0v) is 10.7. The summed E-state index contributed by atoms with van der Waals surface area (Å²) in [5.41, 5.74) is 1.14. The van der Waals surface area contributed by atoms with Gasteiger partial charge in [0.25, 0.3) is 0 Å². The molecule has 0 amide bonds. The molecular weight excluding hydrogens is 202 g/mol. The Morgan fingerprint density at radius 2 is 2.19 bits per heavy atom. The molecule has 16 heavy (non-hydrogen) atoms. The molecular formula is C12H21N3O. The number of likely N-dealkylation sites (N-methyl/N-ethyl adjacent to an activating group) is 1. The Morgan fingerprint density at radius 3 is 2.62 bits per heavy atom. The van der Waals surface area contributed by atoms with Gasteiger partial charge < -0.3 is 4.52 Å². The van der Waals surface area contributed by atoms with Gasteiger partial charge in [-0.25, -0.2) is 0 Å². The fourth-order valence-corrected chi connectivity index (χ4v) is 1.42. The van der Waals surface area contributed by atoms with E-state index in [1.807, 2.05) is 6.92 Å². The third kappa shape index (κ3) is 3.77. The minimum absolute atomic E-state index is 0.314. The zero-order valence-electron chi connectivity index (χ0n) is 10.7. The summed E-state index contributed by atoms with van der Waals surface area (Å²) in [5.74, 6) is 1.78. The second kappa shape index (κ2) is 5.80. The molecule has 4 heteroatoms. The van der Waals surface area contributed by atoms with Gasteiger partial charge in [-0.2, -0.15) is 4.98 Å². The van der Waals surface area contributed by atoms with Crippen LogP contribution in [0, 0.1) is 0 Å². The fourth-order valence-electron chi connectivity index (χ4n) is 1.42. The van der Waals surface area contributed by atoms with E-state index >= 15 is 0 Å². The van der Waals surface area contributed by atoms with Crippen LogP contribution in [0.4, 0.5) is 0 Å².